The molecular formula is C25H25ClN2O5S. The summed E-state index contributed by atoms with van der Waals surface area (Å²) in [6.07, 6.45) is 0. The molecule has 0 heterocycles. The summed E-state index contributed by atoms with van der Waals surface area (Å²) in [5.74, 6) is -1.83. The third kappa shape index (κ3) is 6.15. The quantitative estimate of drug-likeness (QED) is 0.405. The molecule has 9 heteroatoms. The molecule has 3 rings (SSSR count). The SMILES string of the molecule is Cc1cc(Cl)cc(S(=O)(=O)Nc2cccc(-c3ccc(C(=O)NC(C(=O)O)C(C)C)cc3)c2)c1. The Hall–Kier alpha value is -3.36. The van der Waals surface area contributed by atoms with Crippen LogP contribution >= 0.6 is 11.6 Å². The molecule has 1 atom stereocenters. The maximum atomic E-state index is 12.8. The third-order valence-electron chi connectivity index (χ3n) is 5.14. The minimum atomic E-state index is -3.84. The zero-order chi connectivity index (χ0) is 25.0. The van der Waals surface area contributed by atoms with Gasteiger partial charge < -0.3 is 10.4 Å². The Morgan fingerprint density at radius 1 is 0.941 bits per heavy atom. The molecule has 3 aromatic rings. The largest absolute Gasteiger partial charge is 0.480 e. The number of carboxylic acids is 1. The smallest absolute Gasteiger partial charge is 0.326 e. The highest BCUT2D eigenvalue weighted by Crippen LogP contribution is 2.26. The molecule has 0 radical (unpaired) electrons. The van der Waals surface area contributed by atoms with Crippen molar-refractivity contribution >= 4 is 39.2 Å². The van der Waals surface area contributed by atoms with Crippen molar-refractivity contribution in [1.29, 1.82) is 0 Å². The molecule has 0 fully saturated rings. The molecule has 3 N–H and O–H groups in total. The number of carbonyl (C=O) groups is 2. The minimum Gasteiger partial charge on any atom is -0.480 e. The van der Waals surface area contributed by atoms with Gasteiger partial charge in [0.05, 0.1) is 4.90 Å². The number of sulfonamides is 1. The van der Waals surface area contributed by atoms with Gasteiger partial charge in [0.15, 0.2) is 0 Å². The number of carboxylic acid groups (broad SMARTS) is 1. The second-order valence-electron chi connectivity index (χ2n) is 8.26. The molecule has 0 spiro atoms. The van der Waals surface area contributed by atoms with E-state index in [1.165, 1.54) is 12.1 Å². The molecule has 7 nitrogen and oxygen atoms in total. The van der Waals surface area contributed by atoms with Crippen LogP contribution in [-0.2, 0) is 14.8 Å². The van der Waals surface area contributed by atoms with Gasteiger partial charge in [0.2, 0.25) is 0 Å². The summed E-state index contributed by atoms with van der Waals surface area (Å²) in [6.45, 7) is 5.20. The van der Waals surface area contributed by atoms with Crippen molar-refractivity contribution in [2.24, 2.45) is 5.92 Å². The van der Waals surface area contributed by atoms with Crippen molar-refractivity contribution in [1.82, 2.24) is 5.32 Å². The van der Waals surface area contributed by atoms with E-state index in [9.17, 15) is 23.1 Å². The van der Waals surface area contributed by atoms with Crippen LogP contribution in [0.2, 0.25) is 5.02 Å². The molecule has 3 aromatic carbocycles. The zero-order valence-corrected chi connectivity index (χ0v) is 20.4. The van der Waals surface area contributed by atoms with E-state index in [1.807, 2.05) is 6.07 Å². The summed E-state index contributed by atoms with van der Waals surface area (Å²) in [4.78, 5) is 23.8. The predicted octanol–water partition coefficient (Wildman–Crippen LogP) is 4.96. The summed E-state index contributed by atoms with van der Waals surface area (Å²) in [6, 6.07) is 17.1. The summed E-state index contributed by atoms with van der Waals surface area (Å²) in [5, 5.41) is 12.1. The van der Waals surface area contributed by atoms with Crippen molar-refractivity contribution in [3.63, 3.8) is 0 Å². The Labute approximate surface area is 203 Å². The molecular weight excluding hydrogens is 476 g/mol. The topological polar surface area (TPSA) is 113 Å². The zero-order valence-electron chi connectivity index (χ0n) is 18.9. The average Bonchev–Trinajstić information content (AvgIpc) is 2.76. The van der Waals surface area contributed by atoms with Crippen LogP contribution in [0.1, 0.15) is 29.8 Å². The standard InChI is InChI=1S/C25H25ClN2O5S/c1-15(2)23(25(30)31)27-24(29)18-9-7-17(8-10-18)19-5-4-6-21(13-19)28-34(32,33)22-12-16(3)11-20(26)14-22/h4-15,23,28H,1-3H3,(H,27,29)(H,30,31). The van der Waals surface area contributed by atoms with Crippen molar-refractivity contribution in [2.75, 3.05) is 4.72 Å². The molecule has 178 valence electrons. The van der Waals surface area contributed by atoms with Gasteiger partial charge in [-0.3, -0.25) is 9.52 Å². The Kier molecular flexibility index (Phi) is 7.64. The van der Waals surface area contributed by atoms with E-state index in [4.69, 9.17) is 11.6 Å². The number of anilines is 1. The van der Waals surface area contributed by atoms with Gasteiger partial charge in [0, 0.05) is 16.3 Å². The lowest BCUT2D eigenvalue weighted by Crippen LogP contribution is -2.44. The lowest BCUT2D eigenvalue weighted by molar-refractivity contribution is -0.140. The van der Waals surface area contributed by atoms with Gasteiger partial charge in [-0.2, -0.15) is 0 Å². The first-order valence-electron chi connectivity index (χ1n) is 10.5. The van der Waals surface area contributed by atoms with Crippen molar-refractivity contribution in [3.8, 4) is 11.1 Å². The van der Waals surface area contributed by atoms with E-state index in [2.05, 4.69) is 10.0 Å². The van der Waals surface area contributed by atoms with Crippen LogP contribution in [-0.4, -0.2) is 31.4 Å². The number of benzene rings is 3. The van der Waals surface area contributed by atoms with Gasteiger partial charge in [0.1, 0.15) is 6.04 Å². The van der Waals surface area contributed by atoms with Crippen molar-refractivity contribution < 1.29 is 23.1 Å². The lowest BCUT2D eigenvalue weighted by atomic mass is 10.0. The molecule has 0 aromatic heterocycles. The molecule has 1 amide bonds. The van der Waals surface area contributed by atoms with Crippen LogP contribution in [0.15, 0.2) is 71.6 Å². The van der Waals surface area contributed by atoms with Crippen LogP contribution in [0.25, 0.3) is 11.1 Å². The predicted molar refractivity (Wildman–Crippen MR) is 133 cm³/mol. The van der Waals surface area contributed by atoms with Gasteiger partial charge >= 0.3 is 5.97 Å². The van der Waals surface area contributed by atoms with Crippen LogP contribution < -0.4 is 10.0 Å². The molecule has 0 aliphatic heterocycles. The highest BCUT2D eigenvalue weighted by atomic mass is 35.5. The van der Waals surface area contributed by atoms with Gasteiger partial charge in [-0.1, -0.05) is 49.7 Å². The second kappa shape index (κ2) is 10.3. The highest BCUT2D eigenvalue weighted by Gasteiger charge is 2.24. The molecule has 1 unspecified atom stereocenters. The lowest BCUT2D eigenvalue weighted by Gasteiger charge is -2.18. The van der Waals surface area contributed by atoms with Crippen LogP contribution in [0.3, 0.4) is 0 Å². The number of carbonyl (C=O) groups excluding carboxylic acids is 1. The van der Waals surface area contributed by atoms with Gasteiger partial charge in [-0.05, 0) is 72.0 Å². The first-order chi connectivity index (χ1) is 16.0. The van der Waals surface area contributed by atoms with Crippen LogP contribution in [0.4, 0.5) is 5.69 Å². The maximum absolute atomic E-state index is 12.8. The maximum Gasteiger partial charge on any atom is 0.326 e. The number of hydrogen-bond acceptors (Lipinski definition) is 4. The number of aryl methyl sites for hydroxylation is 1. The molecule has 0 aliphatic carbocycles. The number of hydrogen-bond donors (Lipinski definition) is 3. The first-order valence-corrected chi connectivity index (χ1v) is 12.4. The van der Waals surface area contributed by atoms with E-state index in [0.717, 1.165) is 16.7 Å². The van der Waals surface area contributed by atoms with Crippen molar-refractivity contribution in [2.45, 2.75) is 31.7 Å². The normalized spacial score (nSPS) is 12.3. The van der Waals surface area contributed by atoms with Crippen molar-refractivity contribution in [3.05, 3.63) is 82.9 Å². The summed E-state index contributed by atoms with van der Waals surface area (Å²) in [5.41, 5.74) is 2.92. The van der Waals surface area contributed by atoms with Gasteiger partial charge in [-0.15, -0.1) is 0 Å². The van der Waals surface area contributed by atoms with Gasteiger partial charge in [0.25, 0.3) is 15.9 Å². The number of rotatable bonds is 8. The van der Waals surface area contributed by atoms with E-state index >= 15 is 0 Å². The molecule has 0 bridgehead atoms. The average molecular weight is 501 g/mol. The molecule has 0 saturated carbocycles. The number of aliphatic carboxylic acids is 1. The summed E-state index contributed by atoms with van der Waals surface area (Å²) in [7, 11) is -3.84. The third-order valence-corrected chi connectivity index (χ3v) is 6.72. The number of nitrogens with one attached hydrogen (secondary N) is 2. The van der Waals surface area contributed by atoms with Gasteiger partial charge in [-0.25, -0.2) is 13.2 Å². The summed E-state index contributed by atoms with van der Waals surface area (Å²) < 4.78 is 28.2. The first kappa shape index (κ1) is 25.3. The molecule has 0 saturated heterocycles. The second-order valence-corrected chi connectivity index (χ2v) is 10.4. The summed E-state index contributed by atoms with van der Waals surface area (Å²) >= 11 is 6.01. The Bertz CT molecular complexity index is 1300. The monoisotopic (exact) mass is 500 g/mol. The fourth-order valence-corrected chi connectivity index (χ4v) is 4.92. The van der Waals surface area contributed by atoms with E-state index in [-0.39, 0.29) is 10.8 Å². The fourth-order valence-electron chi connectivity index (χ4n) is 3.39. The minimum absolute atomic E-state index is 0.0688. The fraction of sp³-hybridized carbons (Fsp3) is 0.200. The van der Waals surface area contributed by atoms with E-state index < -0.39 is 27.9 Å². The number of amides is 1. The van der Waals surface area contributed by atoms with E-state index in [1.54, 1.807) is 69.3 Å². The molecule has 34 heavy (non-hydrogen) atoms. The Balaban J connectivity index is 1.79. The van der Waals surface area contributed by atoms with Crippen LogP contribution in [0, 0.1) is 12.8 Å². The van der Waals surface area contributed by atoms with Crippen LogP contribution in [0.5, 0.6) is 0 Å². The molecule has 0 aliphatic rings. The Morgan fingerprint density at radius 3 is 2.21 bits per heavy atom. The number of halogens is 1. The highest BCUT2D eigenvalue weighted by molar-refractivity contribution is 7.92. The van der Waals surface area contributed by atoms with E-state index in [0.29, 0.717) is 16.3 Å². The Morgan fingerprint density at radius 2 is 1.62 bits per heavy atom.